The summed E-state index contributed by atoms with van der Waals surface area (Å²) in [6.07, 6.45) is 0. The molecule has 0 N–H and O–H groups in total. The van der Waals surface area contributed by atoms with E-state index < -0.39 is 11.1 Å². The topological polar surface area (TPSA) is 40.1 Å². The fourth-order valence-corrected chi connectivity index (χ4v) is 2.12. The van der Waals surface area contributed by atoms with Gasteiger partial charge in [-0.25, -0.2) is 0 Å². The van der Waals surface area contributed by atoms with Crippen molar-refractivity contribution in [2.24, 2.45) is 0 Å². The Balaban J connectivity index is 2.53. The van der Waals surface area contributed by atoms with Gasteiger partial charge in [0.25, 0.3) is 0 Å². The number of hydrogen-bond acceptors (Lipinski definition) is 2. The summed E-state index contributed by atoms with van der Waals surface area (Å²) >= 11 is 3.82. The third-order valence-electron chi connectivity index (χ3n) is 2.21. The van der Waals surface area contributed by atoms with E-state index in [2.05, 4.69) is 0 Å². The molecule has 16 heavy (non-hydrogen) atoms. The molecule has 0 bridgehead atoms. The van der Waals surface area contributed by atoms with E-state index in [4.69, 9.17) is 11.6 Å². The molecule has 2 nitrogen and oxygen atoms in total. The van der Waals surface area contributed by atoms with E-state index in [-0.39, 0.29) is 4.90 Å². The Hall–Kier alpha value is -1.16. The first-order chi connectivity index (χ1) is 7.68. The number of rotatable bonds is 2. The summed E-state index contributed by atoms with van der Waals surface area (Å²) in [4.78, 5) is 0.261. The standard InChI is InChI=1S/C12H9ClO2S/c13-12-7-2-1-6-11(12)9-4-3-5-10(8-9)16(14)15/h1-8H,(H,14,15)/p-1. The summed E-state index contributed by atoms with van der Waals surface area (Å²) in [5, 5.41) is 0.608. The van der Waals surface area contributed by atoms with Gasteiger partial charge in [0, 0.05) is 15.5 Å². The molecule has 0 radical (unpaired) electrons. The van der Waals surface area contributed by atoms with Crippen molar-refractivity contribution in [2.45, 2.75) is 4.90 Å². The van der Waals surface area contributed by atoms with Crippen LogP contribution in [-0.4, -0.2) is 8.76 Å². The van der Waals surface area contributed by atoms with Crippen LogP contribution in [0.3, 0.4) is 0 Å². The van der Waals surface area contributed by atoms with E-state index in [0.717, 1.165) is 11.1 Å². The van der Waals surface area contributed by atoms with Gasteiger partial charge in [-0.05, 0) is 34.8 Å². The maximum atomic E-state index is 10.8. The minimum Gasteiger partial charge on any atom is -0.768 e. The second kappa shape index (κ2) is 4.78. The van der Waals surface area contributed by atoms with Crippen molar-refractivity contribution in [3.63, 3.8) is 0 Å². The van der Waals surface area contributed by atoms with Crippen LogP contribution in [0.25, 0.3) is 11.1 Å². The predicted molar refractivity (Wildman–Crippen MR) is 64.1 cm³/mol. The molecule has 2 aromatic rings. The molecule has 0 amide bonds. The van der Waals surface area contributed by atoms with Gasteiger partial charge in [-0.2, -0.15) is 0 Å². The van der Waals surface area contributed by atoms with Crippen LogP contribution in [0.1, 0.15) is 0 Å². The van der Waals surface area contributed by atoms with Crippen LogP contribution in [0.15, 0.2) is 53.4 Å². The Morgan fingerprint density at radius 1 is 1.06 bits per heavy atom. The molecule has 0 heterocycles. The van der Waals surface area contributed by atoms with Gasteiger partial charge >= 0.3 is 0 Å². The molecule has 1 atom stereocenters. The fourth-order valence-electron chi connectivity index (χ4n) is 1.46. The normalized spacial score (nSPS) is 12.4. The first-order valence-corrected chi connectivity index (χ1v) is 6.08. The van der Waals surface area contributed by atoms with Crippen molar-refractivity contribution < 1.29 is 8.76 Å². The van der Waals surface area contributed by atoms with E-state index in [0.29, 0.717) is 5.02 Å². The summed E-state index contributed by atoms with van der Waals surface area (Å²) < 4.78 is 21.7. The van der Waals surface area contributed by atoms with Crippen molar-refractivity contribution in [2.75, 3.05) is 0 Å². The molecule has 0 saturated carbocycles. The van der Waals surface area contributed by atoms with Gasteiger partial charge in [-0.1, -0.05) is 41.9 Å². The number of hydrogen-bond donors (Lipinski definition) is 0. The molecule has 2 aromatic carbocycles. The Kier molecular flexibility index (Phi) is 3.39. The summed E-state index contributed by atoms with van der Waals surface area (Å²) in [6, 6.07) is 14.0. The maximum absolute atomic E-state index is 10.8. The molecule has 0 spiro atoms. The van der Waals surface area contributed by atoms with Crippen LogP contribution in [-0.2, 0) is 11.1 Å². The van der Waals surface area contributed by atoms with Crippen LogP contribution in [0.4, 0.5) is 0 Å². The van der Waals surface area contributed by atoms with E-state index in [9.17, 15) is 8.76 Å². The molecule has 4 heteroatoms. The summed E-state index contributed by atoms with van der Waals surface area (Å²) in [6.45, 7) is 0. The highest BCUT2D eigenvalue weighted by atomic mass is 35.5. The van der Waals surface area contributed by atoms with Crippen molar-refractivity contribution in [1.82, 2.24) is 0 Å². The van der Waals surface area contributed by atoms with Gasteiger partial charge < -0.3 is 4.55 Å². The van der Waals surface area contributed by atoms with Crippen molar-refractivity contribution in [3.05, 3.63) is 53.6 Å². The van der Waals surface area contributed by atoms with E-state index >= 15 is 0 Å². The minimum atomic E-state index is -2.21. The van der Waals surface area contributed by atoms with Gasteiger partial charge in [0.15, 0.2) is 0 Å². The highest BCUT2D eigenvalue weighted by Crippen LogP contribution is 2.28. The Morgan fingerprint density at radius 3 is 2.50 bits per heavy atom. The van der Waals surface area contributed by atoms with Crippen LogP contribution < -0.4 is 0 Å². The zero-order valence-electron chi connectivity index (χ0n) is 8.22. The average molecular weight is 252 g/mol. The first-order valence-electron chi connectivity index (χ1n) is 4.63. The maximum Gasteiger partial charge on any atom is 0.0484 e. The largest absolute Gasteiger partial charge is 0.768 e. The lowest BCUT2D eigenvalue weighted by atomic mass is 10.1. The van der Waals surface area contributed by atoms with Crippen molar-refractivity contribution in [3.8, 4) is 11.1 Å². The zero-order valence-corrected chi connectivity index (χ0v) is 9.79. The third kappa shape index (κ3) is 2.32. The van der Waals surface area contributed by atoms with E-state index in [1.807, 2.05) is 24.3 Å². The van der Waals surface area contributed by atoms with Crippen LogP contribution in [0, 0.1) is 0 Å². The monoisotopic (exact) mass is 251 g/mol. The van der Waals surface area contributed by atoms with Gasteiger partial charge in [0.05, 0.1) is 0 Å². The fraction of sp³-hybridized carbons (Fsp3) is 0. The molecule has 0 aliphatic carbocycles. The highest BCUT2D eigenvalue weighted by molar-refractivity contribution is 7.79. The lowest BCUT2D eigenvalue weighted by Crippen LogP contribution is -1.89. The molecule has 1 unspecified atom stereocenters. The average Bonchev–Trinajstić information content (AvgIpc) is 2.30. The number of halogens is 1. The van der Waals surface area contributed by atoms with Gasteiger partial charge in [-0.15, -0.1) is 0 Å². The molecular weight excluding hydrogens is 244 g/mol. The zero-order chi connectivity index (χ0) is 11.5. The Bertz CT molecular complexity index is 540. The Morgan fingerprint density at radius 2 is 1.81 bits per heavy atom. The summed E-state index contributed by atoms with van der Waals surface area (Å²) in [5.74, 6) is 0. The third-order valence-corrected chi connectivity index (χ3v) is 3.18. The molecule has 0 saturated heterocycles. The first kappa shape index (κ1) is 11.3. The Labute approximate surface area is 101 Å². The van der Waals surface area contributed by atoms with E-state index in [1.165, 1.54) is 0 Å². The molecule has 2 rings (SSSR count). The SMILES string of the molecule is O=S([O-])c1cccc(-c2ccccc2Cl)c1. The molecular formula is C12H8ClO2S-. The van der Waals surface area contributed by atoms with Crippen molar-refractivity contribution >= 4 is 22.7 Å². The molecule has 82 valence electrons. The smallest absolute Gasteiger partial charge is 0.0484 e. The summed E-state index contributed by atoms with van der Waals surface area (Å²) in [7, 11) is 0. The summed E-state index contributed by atoms with van der Waals surface area (Å²) in [5.41, 5.74) is 1.63. The molecule has 0 aromatic heterocycles. The minimum absolute atomic E-state index is 0.261. The lowest BCUT2D eigenvalue weighted by molar-refractivity contribution is 0.537. The van der Waals surface area contributed by atoms with Crippen LogP contribution in [0.2, 0.25) is 5.02 Å². The van der Waals surface area contributed by atoms with Crippen LogP contribution in [0.5, 0.6) is 0 Å². The van der Waals surface area contributed by atoms with Crippen molar-refractivity contribution in [1.29, 1.82) is 0 Å². The quantitative estimate of drug-likeness (QED) is 0.769. The van der Waals surface area contributed by atoms with Crippen LogP contribution >= 0.6 is 11.6 Å². The van der Waals surface area contributed by atoms with Gasteiger partial charge in [0.1, 0.15) is 0 Å². The second-order valence-electron chi connectivity index (χ2n) is 3.24. The molecule has 0 fully saturated rings. The van der Waals surface area contributed by atoms with E-state index in [1.54, 1.807) is 24.3 Å². The lowest BCUT2D eigenvalue weighted by Gasteiger charge is -2.08. The predicted octanol–water partition coefficient (Wildman–Crippen LogP) is 3.25. The van der Waals surface area contributed by atoms with Gasteiger partial charge in [-0.3, -0.25) is 4.21 Å². The highest BCUT2D eigenvalue weighted by Gasteiger charge is 2.03. The second-order valence-corrected chi connectivity index (χ2v) is 4.59. The molecule has 0 aliphatic heterocycles. The molecule has 0 aliphatic rings. The van der Waals surface area contributed by atoms with Gasteiger partial charge in [0.2, 0.25) is 0 Å². The number of benzene rings is 2.